The average Bonchev–Trinajstić information content (AvgIpc) is 2.86. The highest BCUT2D eigenvalue weighted by Gasteiger charge is 2.12. The summed E-state index contributed by atoms with van der Waals surface area (Å²) in [6.45, 7) is 3.43. The van der Waals surface area contributed by atoms with Gasteiger partial charge >= 0.3 is 0 Å². The predicted molar refractivity (Wildman–Crippen MR) is 138 cm³/mol. The van der Waals surface area contributed by atoms with Crippen molar-refractivity contribution in [3.63, 3.8) is 0 Å². The van der Waals surface area contributed by atoms with Crippen LogP contribution < -0.4 is 10.1 Å². The van der Waals surface area contributed by atoms with E-state index >= 15 is 0 Å². The van der Waals surface area contributed by atoms with E-state index in [1.165, 1.54) is 25.3 Å². The van der Waals surface area contributed by atoms with E-state index in [9.17, 15) is 14.6 Å². The van der Waals surface area contributed by atoms with Crippen LogP contribution in [0.5, 0.6) is 17.2 Å². The van der Waals surface area contributed by atoms with Gasteiger partial charge in [0.15, 0.2) is 11.6 Å². The molecule has 5 nitrogen and oxygen atoms in total. The SMILES string of the molecule is Oc1ccc(-c2ccc3cc(O)ccc3c2)c(Nc2ccc(OCCN3CCCCC3)c(F)c2)c1. The quantitative estimate of drug-likeness (QED) is 0.281. The molecule has 0 unspecified atom stereocenters. The molecule has 0 bridgehead atoms. The fourth-order valence-electron chi connectivity index (χ4n) is 4.61. The molecule has 3 N–H and O–H groups in total. The second-order valence-corrected chi connectivity index (χ2v) is 9.00. The molecule has 35 heavy (non-hydrogen) atoms. The number of halogens is 1. The number of benzene rings is 4. The number of fused-ring (bicyclic) bond motifs is 1. The Kier molecular flexibility index (Phi) is 6.73. The summed E-state index contributed by atoms with van der Waals surface area (Å²) < 4.78 is 20.5. The van der Waals surface area contributed by atoms with Gasteiger partial charge in [-0.1, -0.05) is 24.6 Å². The molecule has 4 aromatic carbocycles. The molecule has 4 aromatic rings. The number of hydrogen-bond acceptors (Lipinski definition) is 5. The van der Waals surface area contributed by atoms with Crippen LogP contribution in [0.4, 0.5) is 15.8 Å². The molecule has 0 radical (unpaired) electrons. The summed E-state index contributed by atoms with van der Waals surface area (Å²) in [5.74, 6) is 0.139. The minimum absolute atomic E-state index is 0.111. The van der Waals surface area contributed by atoms with Crippen molar-refractivity contribution >= 4 is 22.1 Å². The molecule has 6 heteroatoms. The van der Waals surface area contributed by atoms with Gasteiger partial charge in [0.25, 0.3) is 0 Å². The minimum Gasteiger partial charge on any atom is -0.508 e. The Morgan fingerprint density at radius 1 is 0.800 bits per heavy atom. The highest BCUT2D eigenvalue weighted by Crippen LogP contribution is 2.36. The Bertz CT molecular complexity index is 1340. The van der Waals surface area contributed by atoms with Gasteiger partial charge in [-0.15, -0.1) is 0 Å². The summed E-state index contributed by atoms with van der Waals surface area (Å²) >= 11 is 0. The summed E-state index contributed by atoms with van der Waals surface area (Å²) in [4.78, 5) is 2.36. The summed E-state index contributed by atoms with van der Waals surface area (Å²) in [5, 5.41) is 25.0. The van der Waals surface area contributed by atoms with Crippen LogP contribution in [0, 0.1) is 5.82 Å². The molecule has 1 aliphatic rings. The van der Waals surface area contributed by atoms with Gasteiger partial charge in [-0.3, -0.25) is 4.90 Å². The monoisotopic (exact) mass is 472 g/mol. The Morgan fingerprint density at radius 3 is 2.37 bits per heavy atom. The fourth-order valence-corrected chi connectivity index (χ4v) is 4.61. The van der Waals surface area contributed by atoms with Crippen LogP contribution in [0.3, 0.4) is 0 Å². The van der Waals surface area contributed by atoms with Crippen molar-refractivity contribution < 1.29 is 19.3 Å². The number of aromatic hydroxyl groups is 2. The summed E-state index contributed by atoms with van der Waals surface area (Å²) in [7, 11) is 0. The molecule has 1 saturated heterocycles. The van der Waals surface area contributed by atoms with Gasteiger partial charge in [-0.2, -0.15) is 0 Å². The zero-order chi connectivity index (χ0) is 24.2. The van der Waals surface area contributed by atoms with Crippen LogP contribution in [0.25, 0.3) is 21.9 Å². The first-order valence-corrected chi connectivity index (χ1v) is 12.0. The van der Waals surface area contributed by atoms with E-state index < -0.39 is 5.82 Å². The van der Waals surface area contributed by atoms with Crippen molar-refractivity contribution in [2.24, 2.45) is 0 Å². The van der Waals surface area contributed by atoms with Gasteiger partial charge in [0.05, 0.1) is 5.69 Å². The van der Waals surface area contributed by atoms with Crippen molar-refractivity contribution in [1.82, 2.24) is 4.90 Å². The number of hydrogen-bond donors (Lipinski definition) is 3. The molecule has 1 heterocycles. The van der Waals surface area contributed by atoms with Gasteiger partial charge in [-0.05, 0) is 84.7 Å². The number of phenolic OH excluding ortho intramolecular Hbond substituents is 2. The molecule has 1 aliphatic heterocycles. The molecule has 0 spiro atoms. The number of phenols is 2. The molecule has 1 fully saturated rings. The van der Waals surface area contributed by atoms with Crippen LogP contribution >= 0.6 is 0 Å². The van der Waals surface area contributed by atoms with Crippen LogP contribution in [0.15, 0.2) is 72.8 Å². The predicted octanol–water partition coefficient (Wildman–Crippen LogP) is 6.67. The van der Waals surface area contributed by atoms with E-state index in [1.54, 1.807) is 36.4 Å². The van der Waals surface area contributed by atoms with E-state index in [2.05, 4.69) is 10.2 Å². The fraction of sp³-hybridized carbons (Fsp3) is 0.241. The molecule has 0 aliphatic carbocycles. The molecule has 0 atom stereocenters. The molecule has 180 valence electrons. The van der Waals surface area contributed by atoms with E-state index in [0.717, 1.165) is 41.5 Å². The van der Waals surface area contributed by atoms with Crippen LogP contribution in [0.1, 0.15) is 19.3 Å². The number of ether oxygens (including phenoxy) is 1. The van der Waals surface area contributed by atoms with E-state index in [1.807, 2.05) is 30.3 Å². The number of anilines is 2. The smallest absolute Gasteiger partial charge is 0.167 e. The van der Waals surface area contributed by atoms with Crippen molar-refractivity contribution in [2.45, 2.75) is 19.3 Å². The summed E-state index contributed by atoms with van der Waals surface area (Å²) in [5.41, 5.74) is 3.01. The molecular weight excluding hydrogens is 443 g/mol. The minimum atomic E-state index is -0.430. The maximum atomic E-state index is 14.8. The Balaban J connectivity index is 1.33. The topological polar surface area (TPSA) is 65.0 Å². The Morgan fingerprint density at radius 2 is 1.54 bits per heavy atom. The number of piperidine rings is 1. The van der Waals surface area contributed by atoms with Gasteiger partial charge in [0, 0.05) is 29.9 Å². The van der Waals surface area contributed by atoms with Gasteiger partial charge < -0.3 is 20.3 Å². The second-order valence-electron chi connectivity index (χ2n) is 9.00. The van der Waals surface area contributed by atoms with Crippen LogP contribution in [-0.2, 0) is 0 Å². The number of rotatable bonds is 7. The maximum Gasteiger partial charge on any atom is 0.167 e. The highest BCUT2D eigenvalue weighted by atomic mass is 19.1. The lowest BCUT2D eigenvalue weighted by atomic mass is 9.99. The lowest BCUT2D eigenvalue weighted by Crippen LogP contribution is -2.33. The van der Waals surface area contributed by atoms with E-state index in [0.29, 0.717) is 18.0 Å². The summed E-state index contributed by atoms with van der Waals surface area (Å²) in [6, 6.07) is 21.0. The van der Waals surface area contributed by atoms with Gasteiger partial charge in [0.2, 0.25) is 0 Å². The van der Waals surface area contributed by atoms with Crippen molar-refractivity contribution in [2.75, 3.05) is 31.6 Å². The second kappa shape index (κ2) is 10.2. The lowest BCUT2D eigenvalue weighted by Gasteiger charge is -2.26. The summed E-state index contributed by atoms with van der Waals surface area (Å²) in [6.07, 6.45) is 3.72. The Hall–Kier alpha value is -3.77. The first-order chi connectivity index (χ1) is 17.0. The molecule has 0 saturated carbocycles. The maximum absolute atomic E-state index is 14.8. The number of likely N-dealkylation sites (tertiary alicyclic amines) is 1. The molecule has 0 aromatic heterocycles. The van der Waals surface area contributed by atoms with Gasteiger partial charge in [0.1, 0.15) is 18.1 Å². The largest absolute Gasteiger partial charge is 0.508 e. The van der Waals surface area contributed by atoms with Crippen molar-refractivity contribution in [3.8, 4) is 28.4 Å². The van der Waals surface area contributed by atoms with E-state index in [-0.39, 0.29) is 17.2 Å². The Labute approximate surface area is 204 Å². The third-order valence-electron chi connectivity index (χ3n) is 6.46. The molecule has 5 rings (SSSR count). The van der Waals surface area contributed by atoms with Crippen molar-refractivity contribution in [1.29, 1.82) is 0 Å². The standard InChI is InChI=1S/C29H29FN2O3/c30-27-18-23(7-11-29(27)35-15-14-32-12-2-1-3-13-32)31-28-19-25(34)9-10-26(28)22-5-4-21-17-24(33)8-6-20(21)16-22/h4-11,16-19,31,33-34H,1-3,12-15H2. The first kappa shape index (κ1) is 23.0. The van der Waals surface area contributed by atoms with Gasteiger partial charge in [-0.25, -0.2) is 4.39 Å². The normalized spacial score (nSPS) is 14.2. The first-order valence-electron chi connectivity index (χ1n) is 12.0. The third-order valence-corrected chi connectivity index (χ3v) is 6.46. The number of nitrogens with zero attached hydrogens (tertiary/aromatic N) is 1. The average molecular weight is 473 g/mol. The highest BCUT2D eigenvalue weighted by molar-refractivity contribution is 5.91. The molecule has 0 amide bonds. The van der Waals surface area contributed by atoms with Crippen molar-refractivity contribution in [3.05, 3.63) is 78.6 Å². The molecular formula is C29H29FN2O3. The third kappa shape index (κ3) is 5.49. The van der Waals surface area contributed by atoms with Crippen LogP contribution in [-0.4, -0.2) is 41.4 Å². The zero-order valence-electron chi connectivity index (χ0n) is 19.5. The van der Waals surface area contributed by atoms with Crippen LogP contribution in [0.2, 0.25) is 0 Å². The lowest BCUT2D eigenvalue weighted by molar-refractivity contribution is 0.180. The van der Waals surface area contributed by atoms with E-state index in [4.69, 9.17) is 4.74 Å². The number of nitrogens with one attached hydrogen (secondary N) is 1. The zero-order valence-corrected chi connectivity index (χ0v) is 19.5.